The zero-order valence-electron chi connectivity index (χ0n) is 22.4. The normalized spacial score (nSPS) is 16.6. The van der Waals surface area contributed by atoms with Gasteiger partial charge in [-0.05, 0) is 50.5 Å². The molecule has 1 unspecified atom stereocenters. The van der Waals surface area contributed by atoms with E-state index in [1.807, 2.05) is 18.7 Å². The van der Waals surface area contributed by atoms with Gasteiger partial charge < -0.3 is 18.7 Å². The second-order valence-corrected chi connectivity index (χ2v) is 12.2. The SMILES string of the molecule is COc1cc2c(cc1N=Nc1ccc([N+](=O)[O-])cc1)C(CS(=O)(=O)[O-])CC(C)(C)N2CCCS(=O)(=O)[O-].[Na+].[Na+]. The van der Waals surface area contributed by atoms with Crippen LogP contribution in [0.5, 0.6) is 5.75 Å². The average Bonchev–Trinajstić information content (AvgIpc) is 2.77. The largest absolute Gasteiger partial charge is 1.00 e. The molecule has 0 saturated carbocycles. The molecule has 0 fully saturated rings. The number of anilines is 1. The van der Waals surface area contributed by atoms with E-state index in [4.69, 9.17) is 4.74 Å². The van der Waals surface area contributed by atoms with Crippen molar-refractivity contribution in [1.82, 2.24) is 0 Å². The van der Waals surface area contributed by atoms with E-state index in [1.165, 1.54) is 31.4 Å². The van der Waals surface area contributed by atoms with Crippen molar-refractivity contribution < 1.29 is 94.7 Å². The Balaban J connectivity index is 0.00000380. The number of hydrogen-bond donors (Lipinski definition) is 0. The topological polar surface area (TPSA) is 195 Å². The minimum atomic E-state index is -4.59. The van der Waals surface area contributed by atoms with E-state index in [9.17, 15) is 36.1 Å². The van der Waals surface area contributed by atoms with Gasteiger partial charge in [0.05, 0.1) is 38.0 Å². The number of rotatable bonds is 10. The summed E-state index contributed by atoms with van der Waals surface area (Å²) in [6.45, 7) is 3.85. The third-order valence-electron chi connectivity index (χ3n) is 6.05. The Labute approximate surface area is 271 Å². The molecule has 0 spiro atoms. The maximum atomic E-state index is 11.7. The van der Waals surface area contributed by atoms with E-state index in [1.54, 1.807) is 12.1 Å². The molecular weight excluding hydrogens is 574 g/mol. The first-order valence-corrected chi connectivity index (χ1v) is 14.3. The molecular formula is C22H26N4Na2O9S2. The molecule has 2 aromatic carbocycles. The predicted molar refractivity (Wildman–Crippen MR) is 133 cm³/mol. The summed E-state index contributed by atoms with van der Waals surface area (Å²) in [7, 11) is -7.62. The van der Waals surface area contributed by atoms with Gasteiger partial charge in [-0.15, -0.1) is 5.11 Å². The van der Waals surface area contributed by atoms with E-state index in [0.29, 0.717) is 16.9 Å². The molecule has 0 aliphatic carbocycles. The number of hydrogen-bond acceptors (Lipinski definition) is 12. The molecule has 0 radical (unpaired) electrons. The van der Waals surface area contributed by atoms with Gasteiger partial charge in [-0.3, -0.25) is 10.1 Å². The minimum absolute atomic E-state index is 0. The Kier molecular flexibility index (Phi) is 13.0. The van der Waals surface area contributed by atoms with Gasteiger partial charge in [-0.2, -0.15) is 5.11 Å². The van der Waals surface area contributed by atoms with Crippen LogP contribution in [0.1, 0.15) is 38.2 Å². The Morgan fingerprint density at radius 2 is 1.67 bits per heavy atom. The molecule has 1 atom stereocenters. The Hall–Kier alpha value is -1.14. The third-order valence-corrected chi connectivity index (χ3v) is 7.65. The number of nitrogens with zero attached hydrogens (tertiary/aromatic N) is 4. The first-order chi connectivity index (χ1) is 17.1. The quantitative estimate of drug-likeness (QED) is 0.0931. The summed E-state index contributed by atoms with van der Waals surface area (Å²) in [5.41, 5.74) is 0.781. The molecule has 13 nitrogen and oxygen atoms in total. The summed E-state index contributed by atoms with van der Waals surface area (Å²) < 4.78 is 73.9. The Morgan fingerprint density at radius 1 is 1.05 bits per heavy atom. The van der Waals surface area contributed by atoms with Crippen LogP contribution in [0.15, 0.2) is 46.6 Å². The molecule has 39 heavy (non-hydrogen) atoms. The van der Waals surface area contributed by atoms with Crippen LogP contribution in [-0.4, -0.2) is 61.6 Å². The van der Waals surface area contributed by atoms with Crippen LogP contribution in [0.4, 0.5) is 22.7 Å². The van der Waals surface area contributed by atoms with Crippen LogP contribution in [0.2, 0.25) is 0 Å². The van der Waals surface area contributed by atoms with Crippen LogP contribution in [0.25, 0.3) is 0 Å². The molecule has 1 heterocycles. The van der Waals surface area contributed by atoms with Gasteiger partial charge in [-0.1, -0.05) is 0 Å². The van der Waals surface area contributed by atoms with Crippen molar-refractivity contribution in [3.8, 4) is 5.75 Å². The van der Waals surface area contributed by atoms with Gasteiger partial charge in [-0.25, -0.2) is 16.8 Å². The smallest absolute Gasteiger partial charge is 0.748 e. The van der Waals surface area contributed by atoms with Crippen LogP contribution in [0.3, 0.4) is 0 Å². The number of fused-ring (bicyclic) bond motifs is 1. The van der Waals surface area contributed by atoms with E-state index in [2.05, 4.69) is 10.2 Å². The number of non-ortho nitro benzene ring substituents is 1. The fourth-order valence-electron chi connectivity index (χ4n) is 4.50. The van der Waals surface area contributed by atoms with Gasteiger partial charge in [0.15, 0.2) is 0 Å². The summed E-state index contributed by atoms with van der Waals surface area (Å²) in [5.74, 6) is -1.64. The summed E-state index contributed by atoms with van der Waals surface area (Å²) in [6, 6.07) is 8.54. The standard InChI is InChI=1S/C22H28N4O9S2.2Na/c1-22(2)13-15(14-37(32,33)34)18-11-19(24-23-16-5-7-17(8-6-16)26(27)28)21(35-3)12-20(18)25(22)9-4-10-36(29,30)31;;/h5-8,11-12,15H,4,9-10,13-14H2,1-3H3,(H,29,30,31)(H,32,33,34);;/q;2*+1/p-2. The van der Waals surface area contributed by atoms with Gasteiger partial charge in [0.25, 0.3) is 5.69 Å². The summed E-state index contributed by atoms with van der Waals surface area (Å²) in [4.78, 5) is 12.2. The van der Waals surface area contributed by atoms with Crippen molar-refractivity contribution in [2.45, 2.75) is 38.1 Å². The van der Waals surface area contributed by atoms with Crippen LogP contribution in [-0.2, 0) is 20.2 Å². The second-order valence-electron chi connectivity index (χ2n) is 9.26. The number of methoxy groups -OCH3 is 1. The van der Waals surface area contributed by atoms with Crippen molar-refractivity contribution in [3.05, 3.63) is 52.1 Å². The fraction of sp³-hybridized carbons (Fsp3) is 0.455. The van der Waals surface area contributed by atoms with Crippen molar-refractivity contribution in [2.75, 3.05) is 30.1 Å². The monoisotopic (exact) mass is 600 g/mol. The molecule has 1 aliphatic heterocycles. The molecule has 0 bridgehead atoms. The third kappa shape index (κ3) is 10.0. The second kappa shape index (κ2) is 14.2. The fourth-order valence-corrected chi connectivity index (χ4v) is 5.77. The molecule has 17 heteroatoms. The maximum absolute atomic E-state index is 11.7. The zero-order valence-corrected chi connectivity index (χ0v) is 28.0. The van der Waals surface area contributed by atoms with Crippen molar-refractivity contribution in [1.29, 1.82) is 0 Å². The molecule has 202 valence electrons. The van der Waals surface area contributed by atoms with Crippen LogP contribution in [0, 0.1) is 10.1 Å². The molecule has 0 saturated heterocycles. The first-order valence-electron chi connectivity index (χ1n) is 11.1. The molecule has 2 aromatic rings. The zero-order chi connectivity index (χ0) is 27.6. The average molecular weight is 601 g/mol. The van der Waals surface area contributed by atoms with Crippen molar-refractivity contribution >= 4 is 43.0 Å². The molecule has 0 amide bonds. The van der Waals surface area contributed by atoms with E-state index >= 15 is 0 Å². The molecule has 0 N–H and O–H groups in total. The number of nitro groups is 1. The van der Waals surface area contributed by atoms with Gasteiger partial charge in [0, 0.05) is 53.4 Å². The summed E-state index contributed by atoms with van der Waals surface area (Å²) in [6.07, 6.45) is 0.306. The van der Waals surface area contributed by atoms with E-state index in [0.717, 1.165) is 0 Å². The summed E-state index contributed by atoms with van der Waals surface area (Å²) in [5, 5.41) is 19.1. The number of nitro benzene ring substituents is 1. The summed E-state index contributed by atoms with van der Waals surface area (Å²) >= 11 is 0. The first kappa shape index (κ1) is 35.9. The molecule has 0 aromatic heterocycles. The number of azo groups is 1. The van der Waals surface area contributed by atoms with Gasteiger partial charge in [0.1, 0.15) is 11.4 Å². The number of ether oxygens (including phenoxy) is 1. The predicted octanol–water partition coefficient (Wildman–Crippen LogP) is -2.42. The van der Waals surface area contributed by atoms with Gasteiger partial charge >= 0.3 is 59.1 Å². The van der Waals surface area contributed by atoms with Crippen LogP contribution >= 0.6 is 0 Å². The van der Waals surface area contributed by atoms with E-state index < -0.39 is 48.1 Å². The Bertz CT molecular complexity index is 1420. The maximum Gasteiger partial charge on any atom is 1.00 e. The number of benzene rings is 2. The van der Waals surface area contributed by atoms with Crippen LogP contribution < -0.4 is 68.8 Å². The van der Waals surface area contributed by atoms with Crippen molar-refractivity contribution in [2.24, 2.45) is 10.2 Å². The minimum Gasteiger partial charge on any atom is -0.748 e. The van der Waals surface area contributed by atoms with E-state index in [-0.39, 0.29) is 95.6 Å². The Morgan fingerprint density at radius 3 is 2.18 bits per heavy atom. The molecule has 1 aliphatic rings. The van der Waals surface area contributed by atoms with Crippen molar-refractivity contribution in [3.63, 3.8) is 0 Å². The molecule has 3 rings (SSSR count). The van der Waals surface area contributed by atoms with Gasteiger partial charge in [0.2, 0.25) is 0 Å².